The quantitative estimate of drug-likeness (QED) is 0.412. The first-order valence-electron chi connectivity index (χ1n) is 11.6. The molecule has 1 aliphatic carbocycles. The molecule has 182 valence electrons. The zero-order valence-electron chi connectivity index (χ0n) is 19.6. The van der Waals surface area contributed by atoms with Crippen molar-refractivity contribution < 1.29 is 24.2 Å². The third-order valence-corrected chi connectivity index (χ3v) is 6.67. The van der Waals surface area contributed by atoms with Crippen LogP contribution in [0.25, 0.3) is 11.1 Å². The SMILES string of the molecule is CCCCC(NC(=O)C(CCSC)NC(=O)OCC1c2ccccc2-c2ccccc21)C(=O)O. The molecule has 0 aromatic heterocycles. The molecule has 0 saturated carbocycles. The van der Waals surface area contributed by atoms with Crippen LogP contribution in [0.2, 0.25) is 0 Å². The average molecular weight is 485 g/mol. The van der Waals surface area contributed by atoms with E-state index >= 15 is 0 Å². The fourth-order valence-electron chi connectivity index (χ4n) is 4.22. The third-order valence-electron chi connectivity index (χ3n) is 6.02. The second-order valence-electron chi connectivity index (χ2n) is 8.35. The van der Waals surface area contributed by atoms with Crippen molar-refractivity contribution in [3.63, 3.8) is 0 Å². The van der Waals surface area contributed by atoms with E-state index in [1.807, 2.05) is 49.6 Å². The molecule has 3 rings (SSSR count). The van der Waals surface area contributed by atoms with Crippen LogP contribution in [-0.2, 0) is 14.3 Å². The Morgan fingerprint density at radius 3 is 2.15 bits per heavy atom. The zero-order chi connectivity index (χ0) is 24.5. The molecule has 2 aromatic rings. The van der Waals surface area contributed by atoms with E-state index < -0.39 is 30.1 Å². The summed E-state index contributed by atoms with van der Waals surface area (Å²) in [5, 5.41) is 14.6. The number of rotatable bonds is 12. The van der Waals surface area contributed by atoms with Gasteiger partial charge in [-0.15, -0.1) is 0 Å². The summed E-state index contributed by atoms with van der Waals surface area (Å²) in [6.45, 7) is 2.10. The number of carboxylic acids is 1. The van der Waals surface area contributed by atoms with Crippen LogP contribution in [0.4, 0.5) is 4.79 Å². The summed E-state index contributed by atoms with van der Waals surface area (Å²) < 4.78 is 5.56. The van der Waals surface area contributed by atoms with Crippen molar-refractivity contribution in [2.75, 3.05) is 18.6 Å². The van der Waals surface area contributed by atoms with Crippen LogP contribution in [0.1, 0.15) is 49.7 Å². The van der Waals surface area contributed by atoms with Crippen LogP contribution in [-0.4, -0.2) is 53.8 Å². The Kier molecular flexibility index (Phi) is 9.39. The molecule has 0 saturated heterocycles. The van der Waals surface area contributed by atoms with Crippen LogP contribution in [0, 0.1) is 0 Å². The molecule has 0 bridgehead atoms. The number of unbranched alkanes of at least 4 members (excludes halogenated alkanes) is 1. The van der Waals surface area contributed by atoms with Crippen molar-refractivity contribution in [2.45, 2.75) is 50.6 Å². The number of hydrogen-bond donors (Lipinski definition) is 3. The number of alkyl carbamates (subject to hydrolysis) is 1. The van der Waals surface area contributed by atoms with Crippen LogP contribution >= 0.6 is 11.8 Å². The maximum Gasteiger partial charge on any atom is 0.407 e. The molecule has 2 unspecified atom stereocenters. The second-order valence-corrected chi connectivity index (χ2v) is 9.33. The maximum atomic E-state index is 12.8. The number of nitrogens with one attached hydrogen (secondary N) is 2. The molecule has 2 amide bonds. The molecule has 3 N–H and O–H groups in total. The van der Waals surface area contributed by atoms with Gasteiger partial charge < -0.3 is 20.5 Å². The summed E-state index contributed by atoms with van der Waals surface area (Å²) in [6.07, 6.45) is 3.45. The third kappa shape index (κ3) is 6.32. The Morgan fingerprint density at radius 1 is 0.971 bits per heavy atom. The highest BCUT2D eigenvalue weighted by Gasteiger charge is 2.30. The monoisotopic (exact) mass is 484 g/mol. The maximum absolute atomic E-state index is 12.8. The van der Waals surface area contributed by atoms with Gasteiger partial charge in [-0.25, -0.2) is 9.59 Å². The van der Waals surface area contributed by atoms with Crippen molar-refractivity contribution in [2.24, 2.45) is 0 Å². The molecule has 0 aliphatic heterocycles. The second kappa shape index (κ2) is 12.5. The van der Waals surface area contributed by atoms with Crippen molar-refractivity contribution >= 4 is 29.7 Å². The average Bonchev–Trinajstić information content (AvgIpc) is 3.16. The van der Waals surface area contributed by atoms with Gasteiger partial charge in [-0.05, 0) is 47.1 Å². The highest BCUT2D eigenvalue weighted by atomic mass is 32.2. The zero-order valence-corrected chi connectivity index (χ0v) is 20.4. The van der Waals surface area contributed by atoms with Gasteiger partial charge in [-0.2, -0.15) is 11.8 Å². The van der Waals surface area contributed by atoms with Crippen LogP contribution < -0.4 is 10.6 Å². The van der Waals surface area contributed by atoms with E-state index in [1.54, 1.807) is 11.8 Å². The number of carbonyl (C=O) groups excluding carboxylic acids is 2. The lowest BCUT2D eigenvalue weighted by molar-refractivity contribution is -0.142. The molecule has 7 nitrogen and oxygen atoms in total. The molecule has 0 heterocycles. The largest absolute Gasteiger partial charge is 0.480 e. The smallest absolute Gasteiger partial charge is 0.407 e. The van der Waals surface area contributed by atoms with E-state index in [4.69, 9.17) is 4.74 Å². The fourth-order valence-corrected chi connectivity index (χ4v) is 4.70. The lowest BCUT2D eigenvalue weighted by atomic mass is 9.98. The van der Waals surface area contributed by atoms with Crippen molar-refractivity contribution in [3.8, 4) is 11.1 Å². The van der Waals surface area contributed by atoms with Crippen LogP contribution in [0.5, 0.6) is 0 Å². The highest BCUT2D eigenvalue weighted by molar-refractivity contribution is 7.98. The Balaban J connectivity index is 1.64. The van der Waals surface area contributed by atoms with E-state index in [0.717, 1.165) is 28.7 Å². The molecular weight excluding hydrogens is 452 g/mol. The first kappa shape index (κ1) is 25.6. The number of aliphatic carboxylic acids is 1. The lowest BCUT2D eigenvalue weighted by Crippen LogP contribution is -2.52. The van der Waals surface area contributed by atoms with Crippen molar-refractivity contribution in [1.82, 2.24) is 10.6 Å². The van der Waals surface area contributed by atoms with E-state index in [2.05, 4.69) is 22.8 Å². The summed E-state index contributed by atoms with van der Waals surface area (Å²) in [5.74, 6) is -1.03. The molecule has 8 heteroatoms. The number of fused-ring (bicyclic) bond motifs is 3. The molecule has 0 spiro atoms. The molecule has 34 heavy (non-hydrogen) atoms. The number of benzene rings is 2. The fraction of sp³-hybridized carbons (Fsp3) is 0.423. The first-order chi connectivity index (χ1) is 16.5. The van der Waals surface area contributed by atoms with Gasteiger partial charge in [-0.1, -0.05) is 68.3 Å². The Hall–Kier alpha value is -3.00. The van der Waals surface area contributed by atoms with E-state index in [1.165, 1.54) is 0 Å². The van der Waals surface area contributed by atoms with Gasteiger partial charge in [0.1, 0.15) is 18.7 Å². The van der Waals surface area contributed by atoms with Gasteiger partial charge in [0.05, 0.1) is 0 Å². The Labute approximate surface area is 204 Å². The summed E-state index contributed by atoms with van der Waals surface area (Å²) in [6, 6.07) is 14.3. The standard InChI is InChI=1S/C26H32N2O5S/c1-3-4-13-23(25(30)31)27-24(29)22(14-15-34-2)28-26(32)33-16-21-19-11-7-5-9-17(19)18-10-6-8-12-20(18)21/h5-12,21-23H,3-4,13-16H2,1-2H3,(H,27,29)(H,28,32)(H,30,31). The molecule has 2 aromatic carbocycles. The van der Waals surface area contributed by atoms with Gasteiger partial charge in [0, 0.05) is 5.92 Å². The summed E-state index contributed by atoms with van der Waals surface area (Å²) in [7, 11) is 0. The van der Waals surface area contributed by atoms with E-state index in [9.17, 15) is 19.5 Å². The summed E-state index contributed by atoms with van der Waals surface area (Å²) >= 11 is 1.54. The number of thioether (sulfide) groups is 1. The minimum absolute atomic E-state index is 0.0814. The molecular formula is C26H32N2O5S. The predicted octanol–water partition coefficient (Wildman–Crippen LogP) is 4.41. The highest BCUT2D eigenvalue weighted by Crippen LogP contribution is 2.44. The van der Waals surface area contributed by atoms with Gasteiger partial charge in [0.15, 0.2) is 0 Å². The van der Waals surface area contributed by atoms with Gasteiger partial charge >= 0.3 is 12.1 Å². The first-order valence-corrected chi connectivity index (χ1v) is 13.0. The van der Waals surface area contributed by atoms with Gasteiger partial charge in [0.25, 0.3) is 0 Å². The van der Waals surface area contributed by atoms with Crippen LogP contribution in [0.15, 0.2) is 48.5 Å². The number of carbonyl (C=O) groups is 3. The predicted molar refractivity (Wildman–Crippen MR) is 134 cm³/mol. The molecule has 0 fully saturated rings. The van der Waals surface area contributed by atoms with Gasteiger partial charge in [-0.3, -0.25) is 4.79 Å². The topological polar surface area (TPSA) is 105 Å². The van der Waals surface area contributed by atoms with E-state index in [0.29, 0.717) is 25.0 Å². The van der Waals surface area contributed by atoms with Crippen molar-refractivity contribution in [1.29, 1.82) is 0 Å². The minimum Gasteiger partial charge on any atom is -0.480 e. The lowest BCUT2D eigenvalue weighted by Gasteiger charge is -2.22. The number of ether oxygens (including phenoxy) is 1. The van der Waals surface area contributed by atoms with E-state index in [-0.39, 0.29) is 12.5 Å². The number of amides is 2. The summed E-state index contributed by atoms with van der Waals surface area (Å²) in [4.78, 5) is 37.0. The number of carboxylic acid groups (broad SMARTS) is 1. The minimum atomic E-state index is -1.08. The van der Waals surface area contributed by atoms with Gasteiger partial charge in [0.2, 0.25) is 5.91 Å². The molecule has 2 atom stereocenters. The molecule has 1 aliphatic rings. The summed E-state index contributed by atoms with van der Waals surface area (Å²) in [5.41, 5.74) is 4.48. The van der Waals surface area contributed by atoms with Crippen LogP contribution in [0.3, 0.4) is 0 Å². The number of hydrogen-bond acceptors (Lipinski definition) is 5. The normalized spacial score (nSPS) is 13.9. The Morgan fingerprint density at radius 2 is 1.59 bits per heavy atom. The molecule has 0 radical (unpaired) electrons. The Bertz CT molecular complexity index is 967. The van der Waals surface area contributed by atoms with Crippen molar-refractivity contribution in [3.05, 3.63) is 59.7 Å².